The van der Waals surface area contributed by atoms with E-state index in [1.165, 1.54) is 6.92 Å². The smallest absolute Gasteiger partial charge is 0.318 e. The monoisotopic (exact) mass is 278 g/mol. The van der Waals surface area contributed by atoms with Crippen molar-refractivity contribution in [1.29, 1.82) is 0 Å². The van der Waals surface area contributed by atoms with Crippen molar-refractivity contribution in [2.75, 3.05) is 0 Å². The van der Waals surface area contributed by atoms with Crippen LogP contribution in [-0.4, -0.2) is 21.5 Å². The van der Waals surface area contributed by atoms with Gasteiger partial charge in [-0.2, -0.15) is 0 Å². The van der Waals surface area contributed by atoms with Gasteiger partial charge in [-0.15, -0.1) is 0 Å². The zero-order valence-electron chi connectivity index (χ0n) is 8.61. The number of hydrogen-bond donors (Lipinski definition) is 2. The summed E-state index contributed by atoms with van der Waals surface area (Å²) in [6.45, 7) is 1.38. The fraction of sp³-hybridized carbons (Fsp3) is 0.250. The zero-order chi connectivity index (χ0) is 13.2. The summed E-state index contributed by atoms with van der Waals surface area (Å²) in [5.74, 6) is -0.750. The van der Waals surface area contributed by atoms with Crippen molar-refractivity contribution in [1.82, 2.24) is 14.9 Å². The van der Waals surface area contributed by atoms with E-state index < -0.39 is 23.5 Å². The number of urea groups is 1. The van der Waals surface area contributed by atoms with Crippen molar-refractivity contribution in [3.63, 3.8) is 0 Å². The number of rotatable bonds is 2. The summed E-state index contributed by atoms with van der Waals surface area (Å²) >= 11 is 11.1. The summed E-state index contributed by atoms with van der Waals surface area (Å²) in [7, 11) is 0. The Hall–Kier alpha value is -1.60. The lowest BCUT2D eigenvalue weighted by Crippen LogP contribution is -2.41. The third kappa shape index (κ3) is 2.95. The first-order valence-electron chi connectivity index (χ1n) is 4.37. The third-order valence-corrected chi connectivity index (χ3v) is 2.67. The Bertz CT molecular complexity index is 528. The Kier molecular flexibility index (Phi) is 4.08. The second-order valence-electron chi connectivity index (χ2n) is 3.09. The molecule has 1 unspecified atom stereocenters. The second kappa shape index (κ2) is 5.15. The molecule has 1 atom stereocenters. The molecule has 0 fully saturated rings. The second-order valence-corrected chi connectivity index (χ2v) is 3.83. The summed E-state index contributed by atoms with van der Waals surface area (Å²) in [6.07, 6.45) is 1.06. The van der Waals surface area contributed by atoms with Crippen LogP contribution < -0.4 is 16.6 Å². The van der Waals surface area contributed by atoms with Crippen LogP contribution in [0.3, 0.4) is 0 Å². The molecule has 0 aliphatic heterocycles. The molecule has 9 heteroatoms. The van der Waals surface area contributed by atoms with E-state index in [0.29, 0.717) is 0 Å². The first-order chi connectivity index (χ1) is 7.84. The molecule has 0 bridgehead atoms. The molecule has 17 heavy (non-hydrogen) atoms. The van der Waals surface area contributed by atoms with Crippen molar-refractivity contribution in [2.24, 2.45) is 5.73 Å². The zero-order valence-corrected chi connectivity index (χ0v) is 10.1. The number of nitrogens with zero attached hydrogens (tertiary/aromatic N) is 2. The van der Waals surface area contributed by atoms with Crippen molar-refractivity contribution in [3.8, 4) is 0 Å². The van der Waals surface area contributed by atoms with Crippen LogP contribution in [0.2, 0.25) is 10.2 Å². The predicted molar refractivity (Wildman–Crippen MR) is 61.0 cm³/mol. The predicted octanol–water partition coefficient (Wildman–Crippen LogP) is 0.306. The summed E-state index contributed by atoms with van der Waals surface area (Å²) in [5, 5.41) is 1.38. The number of hydrogen-bond acceptors (Lipinski definition) is 4. The summed E-state index contributed by atoms with van der Waals surface area (Å²) in [5.41, 5.74) is 4.10. The molecule has 0 spiro atoms. The lowest BCUT2D eigenvalue weighted by atomic mass is 10.3. The Labute approximate surface area is 106 Å². The first-order valence-corrected chi connectivity index (χ1v) is 5.12. The molecule has 1 heterocycles. The molecule has 7 nitrogen and oxygen atoms in total. The highest BCUT2D eigenvalue weighted by atomic mass is 35.5. The summed E-state index contributed by atoms with van der Waals surface area (Å²) in [6, 6.07) is -2.00. The van der Waals surface area contributed by atoms with Crippen molar-refractivity contribution in [3.05, 3.63) is 26.9 Å². The molecule has 0 aromatic carbocycles. The average Bonchev–Trinajstić information content (AvgIpc) is 2.24. The van der Waals surface area contributed by atoms with E-state index in [4.69, 9.17) is 28.9 Å². The minimum Gasteiger partial charge on any atom is -0.351 e. The molecule has 0 radical (unpaired) electrons. The standard InChI is InChI=1S/C8H8Cl2N4O3/c1-3(6(15)13-8(11)17)14-2-12-5(10)4(9)7(14)16/h2-3H,1H3,(H3,11,13,15,17). The van der Waals surface area contributed by atoms with Gasteiger partial charge in [0.15, 0.2) is 5.15 Å². The lowest BCUT2D eigenvalue weighted by molar-refractivity contribution is -0.122. The number of aromatic nitrogens is 2. The van der Waals surface area contributed by atoms with Gasteiger partial charge in [-0.05, 0) is 6.92 Å². The molecule has 0 saturated heterocycles. The maximum absolute atomic E-state index is 11.6. The average molecular weight is 279 g/mol. The van der Waals surface area contributed by atoms with Crippen molar-refractivity contribution in [2.45, 2.75) is 13.0 Å². The highest BCUT2D eigenvalue weighted by Crippen LogP contribution is 2.14. The van der Waals surface area contributed by atoms with Gasteiger partial charge in [0.25, 0.3) is 11.5 Å². The Morgan fingerprint density at radius 2 is 2.12 bits per heavy atom. The maximum atomic E-state index is 11.6. The molecule has 0 aliphatic rings. The fourth-order valence-corrected chi connectivity index (χ4v) is 1.32. The lowest BCUT2D eigenvalue weighted by Gasteiger charge is -2.13. The van der Waals surface area contributed by atoms with E-state index in [0.717, 1.165) is 10.9 Å². The molecule has 1 rings (SSSR count). The molecule has 3 amide bonds. The van der Waals surface area contributed by atoms with Crippen molar-refractivity contribution >= 4 is 35.1 Å². The van der Waals surface area contributed by atoms with Gasteiger partial charge >= 0.3 is 6.03 Å². The normalized spacial score (nSPS) is 11.9. The summed E-state index contributed by atoms with van der Waals surface area (Å²) in [4.78, 5) is 37.2. The van der Waals surface area contributed by atoms with Gasteiger partial charge in [0.1, 0.15) is 17.4 Å². The Morgan fingerprint density at radius 3 is 2.65 bits per heavy atom. The van der Waals surface area contributed by atoms with Gasteiger partial charge in [-0.25, -0.2) is 9.78 Å². The number of halogens is 2. The van der Waals surface area contributed by atoms with Crippen LogP contribution in [-0.2, 0) is 4.79 Å². The van der Waals surface area contributed by atoms with E-state index >= 15 is 0 Å². The minimum atomic E-state index is -1.01. The van der Waals surface area contributed by atoms with Gasteiger partial charge in [0.05, 0.1) is 0 Å². The van der Waals surface area contributed by atoms with Gasteiger partial charge in [0, 0.05) is 0 Å². The van der Waals surface area contributed by atoms with Gasteiger partial charge < -0.3 is 5.73 Å². The molecule has 1 aromatic rings. The molecular weight excluding hydrogens is 271 g/mol. The van der Waals surface area contributed by atoms with Crippen LogP contribution in [0.1, 0.15) is 13.0 Å². The van der Waals surface area contributed by atoms with Crippen LogP contribution in [0.5, 0.6) is 0 Å². The van der Waals surface area contributed by atoms with E-state index in [-0.39, 0.29) is 10.2 Å². The molecule has 0 saturated carbocycles. The van der Waals surface area contributed by atoms with E-state index in [1.807, 2.05) is 5.32 Å². The van der Waals surface area contributed by atoms with Crippen LogP contribution in [0.25, 0.3) is 0 Å². The molecule has 0 aliphatic carbocycles. The van der Waals surface area contributed by atoms with Gasteiger partial charge in [-0.1, -0.05) is 23.2 Å². The number of nitrogens with two attached hydrogens (primary N) is 1. The first kappa shape index (κ1) is 13.5. The molecule has 3 N–H and O–H groups in total. The minimum absolute atomic E-state index is 0.157. The van der Waals surface area contributed by atoms with Gasteiger partial charge in [-0.3, -0.25) is 19.5 Å². The highest BCUT2D eigenvalue weighted by molar-refractivity contribution is 6.40. The van der Waals surface area contributed by atoms with Crippen LogP contribution >= 0.6 is 23.2 Å². The fourth-order valence-electron chi connectivity index (χ4n) is 1.05. The number of primary amides is 1. The molecular formula is C8H8Cl2N4O3. The summed E-state index contributed by atoms with van der Waals surface area (Å²) < 4.78 is 0.937. The third-order valence-electron chi connectivity index (χ3n) is 1.94. The number of amides is 3. The van der Waals surface area contributed by atoms with Crippen LogP contribution in [0, 0.1) is 0 Å². The Morgan fingerprint density at radius 1 is 1.53 bits per heavy atom. The van der Waals surface area contributed by atoms with E-state index in [9.17, 15) is 14.4 Å². The number of carbonyl (C=O) groups is 2. The number of nitrogens with one attached hydrogen (secondary N) is 1. The highest BCUT2D eigenvalue weighted by Gasteiger charge is 2.19. The maximum Gasteiger partial charge on any atom is 0.318 e. The van der Waals surface area contributed by atoms with E-state index in [1.54, 1.807) is 0 Å². The largest absolute Gasteiger partial charge is 0.351 e. The SMILES string of the molecule is CC(C(=O)NC(N)=O)n1cnc(Cl)c(Cl)c1=O. The van der Waals surface area contributed by atoms with Gasteiger partial charge in [0.2, 0.25) is 0 Å². The molecule has 1 aromatic heterocycles. The molecule has 92 valence electrons. The van der Waals surface area contributed by atoms with Crippen molar-refractivity contribution < 1.29 is 9.59 Å². The van der Waals surface area contributed by atoms with E-state index in [2.05, 4.69) is 4.98 Å². The topological polar surface area (TPSA) is 107 Å². The Balaban J connectivity index is 3.09. The van der Waals surface area contributed by atoms with Crippen LogP contribution in [0.4, 0.5) is 4.79 Å². The number of carbonyl (C=O) groups excluding carboxylic acids is 2. The number of imide groups is 1. The van der Waals surface area contributed by atoms with Crippen LogP contribution in [0.15, 0.2) is 11.1 Å². The quantitative estimate of drug-likeness (QED) is 0.759.